The molecular weight excluding hydrogens is 352 g/mol. The quantitative estimate of drug-likeness (QED) is 0.533. The van der Waals surface area contributed by atoms with Crippen LogP contribution < -0.4 is 0 Å². The second-order valence-corrected chi connectivity index (χ2v) is 6.67. The summed E-state index contributed by atoms with van der Waals surface area (Å²) in [7, 11) is 0. The number of pyridine rings is 1. The summed E-state index contributed by atoms with van der Waals surface area (Å²) in [6.07, 6.45) is 5.07. The highest BCUT2D eigenvalue weighted by Gasteiger charge is 2.12. The van der Waals surface area contributed by atoms with E-state index >= 15 is 0 Å². The maximum Gasteiger partial charge on any atom is 0.180 e. The molecule has 0 atom stereocenters. The molecule has 3 heterocycles. The molecule has 4 aromatic rings. The minimum atomic E-state index is 0.619. The molecule has 0 saturated carbocycles. The van der Waals surface area contributed by atoms with Crippen molar-refractivity contribution in [2.24, 2.45) is 0 Å². The van der Waals surface area contributed by atoms with Gasteiger partial charge in [0.1, 0.15) is 11.6 Å². The molecule has 0 amide bonds. The van der Waals surface area contributed by atoms with Crippen molar-refractivity contribution in [2.75, 3.05) is 0 Å². The number of nitrogens with zero attached hydrogens (tertiary/aromatic N) is 7. The Morgan fingerprint density at radius 3 is 2.64 bits per heavy atom. The van der Waals surface area contributed by atoms with E-state index in [0.717, 1.165) is 53.3 Å². The lowest BCUT2D eigenvalue weighted by Crippen LogP contribution is -2.08. The molecule has 28 heavy (non-hydrogen) atoms. The summed E-state index contributed by atoms with van der Waals surface area (Å²) >= 11 is 0. The number of H-pyrrole nitrogens is 1. The Morgan fingerprint density at radius 1 is 1.07 bits per heavy atom. The van der Waals surface area contributed by atoms with Crippen LogP contribution in [-0.2, 0) is 13.0 Å². The molecule has 0 fully saturated rings. The number of benzene rings is 1. The van der Waals surface area contributed by atoms with Crippen molar-refractivity contribution in [3.63, 3.8) is 0 Å². The minimum Gasteiger partial charge on any atom is -0.259 e. The topological polar surface area (TPSA) is 98.1 Å². The Kier molecular flexibility index (Phi) is 5.18. The van der Waals surface area contributed by atoms with Crippen LogP contribution in [0.1, 0.15) is 37.1 Å². The molecule has 1 N–H and O–H groups in total. The smallest absolute Gasteiger partial charge is 0.180 e. The third-order valence-corrected chi connectivity index (χ3v) is 4.58. The number of nitrogens with one attached hydrogen (secondary N) is 1. The number of rotatable bonds is 7. The van der Waals surface area contributed by atoms with E-state index < -0.39 is 0 Å². The van der Waals surface area contributed by atoms with E-state index in [1.54, 1.807) is 0 Å². The third-order valence-electron chi connectivity index (χ3n) is 4.58. The first-order valence-electron chi connectivity index (χ1n) is 9.43. The zero-order chi connectivity index (χ0) is 19.3. The molecule has 0 aliphatic rings. The van der Waals surface area contributed by atoms with Crippen molar-refractivity contribution in [3.05, 3.63) is 59.9 Å². The van der Waals surface area contributed by atoms with Gasteiger partial charge in [0.25, 0.3) is 0 Å². The van der Waals surface area contributed by atoms with Crippen LogP contribution in [0.5, 0.6) is 0 Å². The van der Waals surface area contributed by atoms with E-state index in [2.05, 4.69) is 48.7 Å². The monoisotopic (exact) mass is 374 g/mol. The van der Waals surface area contributed by atoms with E-state index in [-0.39, 0.29) is 0 Å². The number of aryl methyl sites for hydroxylation is 2. The van der Waals surface area contributed by atoms with Gasteiger partial charge in [0, 0.05) is 23.7 Å². The van der Waals surface area contributed by atoms with E-state index in [9.17, 15) is 0 Å². The Balaban J connectivity index is 1.58. The number of tetrazole rings is 1. The van der Waals surface area contributed by atoms with Crippen LogP contribution >= 0.6 is 0 Å². The van der Waals surface area contributed by atoms with Crippen LogP contribution in [0, 0.1) is 6.92 Å². The first kappa shape index (κ1) is 18.0. The van der Waals surface area contributed by atoms with Crippen molar-refractivity contribution in [3.8, 4) is 22.5 Å². The van der Waals surface area contributed by atoms with E-state index in [1.807, 2.05) is 48.1 Å². The lowest BCUT2D eigenvalue weighted by molar-refractivity contribution is 0.608. The van der Waals surface area contributed by atoms with Gasteiger partial charge in [-0.25, -0.2) is 14.8 Å². The highest BCUT2D eigenvalue weighted by Crippen LogP contribution is 2.29. The molecule has 0 bridgehead atoms. The normalized spacial score (nSPS) is 11.1. The SMILES string of the molecule is CCCCc1nc(C)nn1Cc1ccc(-c2ccccc2-c2nnn[nH]2)cn1. The Bertz CT molecular complexity index is 1030. The van der Waals surface area contributed by atoms with Crippen molar-refractivity contribution in [1.29, 1.82) is 0 Å². The fourth-order valence-electron chi connectivity index (χ4n) is 3.19. The van der Waals surface area contributed by atoms with Gasteiger partial charge in [-0.15, -0.1) is 5.10 Å². The molecule has 8 heteroatoms. The fraction of sp³-hybridized carbons (Fsp3) is 0.300. The van der Waals surface area contributed by atoms with Gasteiger partial charge in [-0.1, -0.05) is 43.7 Å². The maximum atomic E-state index is 4.65. The molecule has 8 nitrogen and oxygen atoms in total. The Labute approximate surface area is 163 Å². The van der Waals surface area contributed by atoms with E-state index in [4.69, 9.17) is 0 Å². The maximum absolute atomic E-state index is 4.65. The number of hydrogen-bond acceptors (Lipinski definition) is 6. The highest BCUT2D eigenvalue weighted by atomic mass is 15.5. The molecule has 1 aromatic carbocycles. The van der Waals surface area contributed by atoms with Gasteiger partial charge in [-0.2, -0.15) is 5.10 Å². The molecule has 0 spiro atoms. The molecular formula is C20H22N8. The summed E-state index contributed by atoms with van der Waals surface area (Å²) in [4.78, 5) is 9.20. The lowest BCUT2D eigenvalue weighted by atomic mass is 10.0. The van der Waals surface area contributed by atoms with Gasteiger partial charge < -0.3 is 0 Å². The van der Waals surface area contributed by atoms with Crippen molar-refractivity contribution >= 4 is 0 Å². The molecule has 0 unspecified atom stereocenters. The molecule has 3 aromatic heterocycles. The van der Waals surface area contributed by atoms with Crippen LogP contribution in [0.25, 0.3) is 22.5 Å². The van der Waals surface area contributed by atoms with E-state index in [1.165, 1.54) is 0 Å². The second-order valence-electron chi connectivity index (χ2n) is 6.67. The van der Waals surface area contributed by atoms with Gasteiger partial charge in [-0.05, 0) is 35.4 Å². The molecule has 4 rings (SSSR count). The zero-order valence-corrected chi connectivity index (χ0v) is 16.0. The van der Waals surface area contributed by atoms with Crippen molar-refractivity contribution in [2.45, 2.75) is 39.7 Å². The largest absolute Gasteiger partial charge is 0.259 e. The number of aromatic amines is 1. The standard InChI is InChI=1S/C20H22N8/c1-3-4-9-19-22-14(2)25-28(19)13-16-11-10-15(12-21-16)17-7-5-6-8-18(17)20-23-26-27-24-20/h5-8,10-12H,3-4,9,13H2,1-2H3,(H,23,24,26,27). The minimum absolute atomic E-state index is 0.619. The average molecular weight is 374 g/mol. The van der Waals surface area contributed by atoms with Gasteiger partial charge in [0.2, 0.25) is 0 Å². The van der Waals surface area contributed by atoms with E-state index in [0.29, 0.717) is 12.4 Å². The summed E-state index contributed by atoms with van der Waals surface area (Å²) in [5.41, 5.74) is 3.93. The summed E-state index contributed by atoms with van der Waals surface area (Å²) in [6, 6.07) is 12.1. The highest BCUT2D eigenvalue weighted by molar-refractivity contribution is 5.79. The van der Waals surface area contributed by atoms with Crippen molar-refractivity contribution < 1.29 is 0 Å². The van der Waals surface area contributed by atoms with Crippen LogP contribution in [0.2, 0.25) is 0 Å². The van der Waals surface area contributed by atoms with Crippen molar-refractivity contribution in [1.82, 2.24) is 40.4 Å². The predicted molar refractivity (Wildman–Crippen MR) is 105 cm³/mol. The molecule has 0 radical (unpaired) electrons. The Hall–Kier alpha value is -3.42. The zero-order valence-electron chi connectivity index (χ0n) is 16.0. The lowest BCUT2D eigenvalue weighted by Gasteiger charge is -2.09. The van der Waals surface area contributed by atoms with Crippen LogP contribution in [0.3, 0.4) is 0 Å². The molecule has 0 aliphatic carbocycles. The van der Waals surface area contributed by atoms with Crippen LogP contribution in [0.15, 0.2) is 42.6 Å². The van der Waals surface area contributed by atoms with Crippen LogP contribution in [-0.4, -0.2) is 40.4 Å². The molecule has 142 valence electrons. The number of unbranched alkanes of at least 4 members (excludes halogenated alkanes) is 1. The third kappa shape index (κ3) is 3.80. The summed E-state index contributed by atoms with van der Waals surface area (Å²) < 4.78 is 1.96. The summed E-state index contributed by atoms with van der Waals surface area (Å²) in [5, 5.41) is 18.7. The summed E-state index contributed by atoms with van der Waals surface area (Å²) in [6.45, 7) is 4.73. The van der Waals surface area contributed by atoms with Gasteiger partial charge in [0.05, 0.1) is 12.2 Å². The average Bonchev–Trinajstić information content (AvgIpc) is 3.37. The first-order chi connectivity index (χ1) is 13.7. The molecule has 0 aliphatic heterocycles. The predicted octanol–water partition coefficient (Wildman–Crippen LogP) is 3.22. The first-order valence-corrected chi connectivity index (χ1v) is 9.43. The van der Waals surface area contributed by atoms with Gasteiger partial charge in [0.15, 0.2) is 5.82 Å². The number of hydrogen-bond donors (Lipinski definition) is 1. The fourth-order valence-corrected chi connectivity index (χ4v) is 3.19. The summed E-state index contributed by atoms with van der Waals surface area (Å²) in [5.74, 6) is 2.46. The number of aromatic nitrogens is 8. The van der Waals surface area contributed by atoms with Crippen LogP contribution in [0.4, 0.5) is 0 Å². The van der Waals surface area contributed by atoms with Gasteiger partial charge in [-0.3, -0.25) is 4.98 Å². The second kappa shape index (κ2) is 8.08. The Morgan fingerprint density at radius 2 is 1.93 bits per heavy atom. The molecule has 0 saturated heterocycles. The van der Waals surface area contributed by atoms with Gasteiger partial charge >= 0.3 is 0 Å².